The van der Waals surface area contributed by atoms with Gasteiger partial charge in [0.05, 0.1) is 16.7 Å². The zero-order valence-corrected chi connectivity index (χ0v) is 28.7. The van der Waals surface area contributed by atoms with Gasteiger partial charge in [-0.25, -0.2) is 9.97 Å². The van der Waals surface area contributed by atoms with Crippen LogP contribution in [0.3, 0.4) is 0 Å². The monoisotopic (exact) mass is 608 g/mol. The van der Waals surface area contributed by atoms with E-state index in [1.165, 1.54) is 22.3 Å². The van der Waals surface area contributed by atoms with E-state index in [4.69, 9.17) is 15.0 Å². The van der Waals surface area contributed by atoms with Gasteiger partial charge in [-0.05, 0) is 96.5 Å². The predicted octanol–water partition coefficient (Wildman–Crippen LogP) is 10.3. The minimum atomic E-state index is -0.272. The highest BCUT2D eigenvalue weighted by Gasteiger charge is 2.29. The quantitative estimate of drug-likeness (QED) is 0.216. The van der Waals surface area contributed by atoms with Gasteiger partial charge in [0.25, 0.3) is 0 Å². The molecule has 5 nitrogen and oxygen atoms in total. The summed E-state index contributed by atoms with van der Waals surface area (Å²) in [5.74, 6) is 0.827. The number of imidazole rings is 1. The molecule has 0 amide bonds. The maximum Gasteiger partial charge on any atom is 0.163 e. The minimum Gasteiger partial charge on any atom is -0.505 e. The molecule has 1 N–H and O–H groups in total. The van der Waals surface area contributed by atoms with Gasteiger partial charge in [-0.1, -0.05) is 77.4 Å². The highest BCUT2D eigenvalue weighted by atomic mass is 16.3. The zero-order valence-electron chi connectivity index (χ0n) is 28.7. The number of hydrogen-bond acceptors (Lipinski definition) is 4. The number of hydrogen-bond donors (Lipinski definition) is 1. The Balaban J connectivity index is 1.62. The van der Waals surface area contributed by atoms with Crippen molar-refractivity contribution in [3.63, 3.8) is 0 Å². The van der Waals surface area contributed by atoms with E-state index in [2.05, 4.69) is 121 Å². The molecular formula is C41H44N4O. The van der Waals surface area contributed by atoms with Gasteiger partial charge in [0.15, 0.2) is 5.82 Å². The summed E-state index contributed by atoms with van der Waals surface area (Å²) < 4.78 is 2.05. The largest absolute Gasteiger partial charge is 0.505 e. The van der Waals surface area contributed by atoms with Crippen molar-refractivity contribution < 1.29 is 5.11 Å². The third kappa shape index (κ3) is 5.60. The standard InChI is InChI=1S/C41H44N4O/c1-24-18-25(2)35(26(3)19-24)29-21-27(20-28(22-29)32-15-11-12-17-42-32)30-14-13-16-33-36(30)44-39(45(33)10)37-38(46)31(40(4,5)6)23-34(43-37)41(7,8)9/h11-23,46H,1-10H3. The molecule has 0 radical (unpaired) electrons. The van der Waals surface area contributed by atoms with Crippen LogP contribution in [0.25, 0.3) is 56.1 Å². The zero-order chi connectivity index (χ0) is 33.1. The van der Waals surface area contributed by atoms with E-state index in [-0.39, 0.29) is 16.6 Å². The average Bonchev–Trinajstić information content (AvgIpc) is 3.32. The molecule has 0 fully saturated rings. The molecule has 5 heteroatoms. The van der Waals surface area contributed by atoms with Crippen molar-refractivity contribution in [3.8, 4) is 50.8 Å². The molecule has 0 bridgehead atoms. The number of nitrogens with zero attached hydrogens (tertiary/aromatic N) is 4. The molecule has 6 rings (SSSR count). The topological polar surface area (TPSA) is 63.8 Å². The molecule has 0 unspecified atom stereocenters. The second-order valence-corrected chi connectivity index (χ2v) is 14.7. The highest BCUT2D eigenvalue weighted by Crippen LogP contribution is 2.42. The van der Waals surface area contributed by atoms with Crippen molar-refractivity contribution in [1.29, 1.82) is 0 Å². The van der Waals surface area contributed by atoms with Gasteiger partial charge in [0.2, 0.25) is 0 Å². The number of fused-ring (bicyclic) bond motifs is 1. The first-order valence-electron chi connectivity index (χ1n) is 16.0. The van der Waals surface area contributed by atoms with Crippen LogP contribution in [0, 0.1) is 20.8 Å². The molecule has 3 aromatic carbocycles. The fourth-order valence-electron chi connectivity index (χ4n) is 6.55. The molecule has 0 spiro atoms. The molecule has 0 saturated carbocycles. The lowest BCUT2D eigenvalue weighted by Gasteiger charge is -2.26. The average molecular weight is 609 g/mol. The third-order valence-corrected chi connectivity index (χ3v) is 8.86. The summed E-state index contributed by atoms with van der Waals surface area (Å²) in [6.07, 6.45) is 1.84. The fourth-order valence-corrected chi connectivity index (χ4v) is 6.55. The lowest BCUT2D eigenvalue weighted by Crippen LogP contribution is -2.19. The van der Waals surface area contributed by atoms with E-state index in [9.17, 15) is 5.11 Å². The van der Waals surface area contributed by atoms with Gasteiger partial charge in [-0.2, -0.15) is 0 Å². The number of rotatable bonds is 4. The van der Waals surface area contributed by atoms with Crippen molar-refractivity contribution in [3.05, 3.63) is 107 Å². The molecule has 0 saturated heterocycles. The first kappa shape index (κ1) is 31.2. The van der Waals surface area contributed by atoms with Crippen molar-refractivity contribution in [2.24, 2.45) is 7.05 Å². The number of benzene rings is 3. The molecule has 0 aliphatic carbocycles. The summed E-state index contributed by atoms with van der Waals surface area (Å²) in [6.45, 7) is 19.3. The molecule has 46 heavy (non-hydrogen) atoms. The van der Waals surface area contributed by atoms with Gasteiger partial charge in [-0.3, -0.25) is 4.98 Å². The SMILES string of the molecule is Cc1cc(C)c(-c2cc(-c3ccccn3)cc(-c3cccc4c3nc(-c3nc(C(C)(C)C)cc(C(C)(C)C)c3O)n4C)c2)c(C)c1. The minimum absolute atomic E-state index is 0.185. The molecule has 6 aromatic rings. The summed E-state index contributed by atoms with van der Waals surface area (Å²) >= 11 is 0. The summed E-state index contributed by atoms with van der Waals surface area (Å²) in [7, 11) is 2.00. The molecule has 3 heterocycles. The Morgan fingerprint density at radius 1 is 0.696 bits per heavy atom. The van der Waals surface area contributed by atoms with Crippen LogP contribution < -0.4 is 0 Å². The Labute approximate surface area is 273 Å². The number of pyridine rings is 2. The predicted molar refractivity (Wildman–Crippen MR) is 191 cm³/mol. The molecule has 234 valence electrons. The van der Waals surface area contributed by atoms with Gasteiger partial charge >= 0.3 is 0 Å². The lowest BCUT2D eigenvalue weighted by atomic mass is 9.82. The summed E-state index contributed by atoms with van der Waals surface area (Å²) in [4.78, 5) is 15.0. The fraction of sp³-hybridized carbons (Fsp3) is 0.293. The van der Waals surface area contributed by atoms with Crippen LogP contribution in [0.4, 0.5) is 0 Å². The van der Waals surface area contributed by atoms with E-state index < -0.39 is 0 Å². The van der Waals surface area contributed by atoms with Gasteiger partial charge in [0, 0.05) is 41.0 Å². The third-order valence-electron chi connectivity index (χ3n) is 8.86. The van der Waals surface area contributed by atoms with E-state index >= 15 is 0 Å². The molecule has 0 aliphatic heterocycles. The Morgan fingerprint density at radius 3 is 2.00 bits per heavy atom. The lowest BCUT2D eigenvalue weighted by molar-refractivity contribution is 0.441. The van der Waals surface area contributed by atoms with E-state index in [1.807, 2.05) is 31.4 Å². The van der Waals surface area contributed by atoms with E-state index in [0.717, 1.165) is 50.2 Å². The first-order chi connectivity index (χ1) is 21.6. The van der Waals surface area contributed by atoms with Crippen LogP contribution >= 0.6 is 0 Å². The molecule has 0 aliphatic rings. The first-order valence-corrected chi connectivity index (χ1v) is 16.0. The smallest absolute Gasteiger partial charge is 0.163 e. The second kappa shape index (κ2) is 11.2. The summed E-state index contributed by atoms with van der Waals surface area (Å²) in [5.41, 5.74) is 13.8. The van der Waals surface area contributed by atoms with Gasteiger partial charge < -0.3 is 9.67 Å². The van der Waals surface area contributed by atoms with Crippen LogP contribution in [0.2, 0.25) is 0 Å². The van der Waals surface area contributed by atoms with E-state index in [0.29, 0.717) is 11.5 Å². The maximum absolute atomic E-state index is 11.7. The number of aryl methyl sites for hydroxylation is 4. The molecule has 3 aromatic heterocycles. The number of para-hydroxylation sites is 1. The van der Waals surface area contributed by atoms with Gasteiger partial charge in [-0.15, -0.1) is 0 Å². The van der Waals surface area contributed by atoms with Crippen molar-refractivity contribution in [2.45, 2.75) is 73.1 Å². The van der Waals surface area contributed by atoms with Gasteiger partial charge in [0.1, 0.15) is 11.4 Å². The Bertz CT molecular complexity index is 2080. The number of aromatic nitrogens is 4. The van der Waals surface area contributed by atoms with Crippen LogP contribution in [0.5, 0.6) is 5.75 Å². The Hall–Kier alpha value is -4.77. The van der Waals surface area contributed by atoms with Crippen molar-refractivity contribution >= 4 is 11.0 Å². The Morgan fingerprint density at radius 2 is 1.37 bits per heavy atom. The van der Waals surface area contributed by atoms with Crippen molar-refractivity contribution in [1.82, 2.24) is 19.5 Å². The van der Waals surface area contributed by atoms with Crippen LogP contribution in [-0.2, 0) is 17.9 Å². The normalized spacial score (nSPS) is 12.2. The van der Waals surface area contributed by atoms with E-state index in [1.54, 1.807) is 0 Å². The van der Waals surface area contributed by atoms with Crippen molar-refractivity contribution in [2.75, 3.05) is 0 Å². The summed E-state index contributed by atoms with van der Waals surface area (Å²) in [5, 5.41) is 11.7. The molecular weight excluding hydrogens is 564 g/mol. The molecule has 0 atom stereocenters. The Kier molecular flexibility index (Phi) is 7.63. The van der Waals surface area contributed by atoms with Crippen LogP contribution in [0.15, 0.2) is 79.0 Å². The van der Waals surface area contributed by atoms with Crippen LogP contribution in [0.1, 0.15) is 69.5 Å². The second-order valence-electron chi connectivity index (χ2n) is 14.7. The highest BCUT2D eigenvalue weighted by molar-refractivity contribution is 5.96. The maximum atomic E-state index is 11.7. The number of aromatic hydroxyl groups is 1. The van der Waals surface area contributed by atoms with Crippen LogP contribution in [-0.4, -0.2) is 24.6 Å². The summed E-state index contributed by atoms with van der Waals surface area (Å²) in [6, 6.07) is 25.6.